The molecule has 0 saturated heterocycles. The Morgan fingerprint density at radius 2 is 1.97 bits per heavy atom. The average molecular weight is 489 g/mol. The van der Waals surface area contributed by atoms with E-state index >= 15 is 0 Å². The zero-order valence-electron chi connectivity index (χ0n) is 18.7. The third kappa shape index (κ3) is 4.16. The van der Waals surface area contributed by atoms with E-state index < -0.39 is 10.0 Å². The van der Waals surface area contributed by atoms with Crippen LogP contribution in [0, 0.1) is 6.92 Å². The molecule has 0 unspecified atom stereocenters. The minimum atomic E-state index is -3.58. The van der Waals surface area contributed by atoms with Crippen LogP contribution < -0.4 is 11.0 Å². The lowest BCUT2D eigenvalue weighted by atomic mass is 10.3. The van der Waals surface area contributed by atoms with Gasteiger partial charge in [0.15, 0.2) is 0 Å². The fourth-order valence-electron chi connectivity index (χ4n) is 3.63. The predicted octanol–water partition coefficient (Wildman–Crippen LogP) is 2.09. The van der Waals surface area contributed by atoms with E-state index in [1.54, 1.807) is 36.6 Å². The predicted molar refractivity (Wildman–Crippen MR) is 128 cm³/mol. The van der Waals surface area contributed by atoms with Crippen LogP contribution in [-0.4, -0.2) is 51.9 Å². The number of benzene rings is 1. The lowest BCUT2D eigenvalue weighted by Gasteiger charge is -2.11. The molecule has 3 aromatic heterocycles. The van der Waals surface area contributed by atoms with Gasteiger partial charge in [-0.15, -0.1) is 11.3 Å². The number of sulfonamides is 1. The molecule has 0 saturated carbocycles. The third-order valence-corrected chi connectivity index (χ3v) is 7.99. The van der Waals surface area contributed by atoms with Crippen molar-refractivity contribution in [1.29, 1.82) is 0 Å². The molecule has 4 rings (SSSR count). The molecule has 0 aliphatic rings. The SMILES string of the molecule is CCn1c(CCC(=O)Nn2c(C)nc3sccc3c2=O)nc2cc(S(=O)(=O)N(C)C)ccc21. The van der Waals surface area contributed by atoms with E-state index in [1.807, 2.05) is 11.5 Å². The molecule has 0 aliphatic heterocycles. The summed E-state index contributed by atoms with van der Waals surface area (Å²) in [6.45, 7) is 4.24. The number of imidazole rings is 1. The maximum atomic E-state index is 12.6. The van der Waals surface area contributed by atoms with Crippen LogP contribution in [0.15, 0.2) is 39.3 Å². The summed E-state index contributed by atoms with van der Waals surface area (Å²) < 4.78 is 29.2. The van der Waals surface area contributed by atoms with E-state index in [0.29, 0.717) is 40.3 Å². The summed E-state index contributed by atoms with van der Waals surface area (Å²) in [6.07, 6.45) is 0.422. The molecule has 0 aliphatic carbocycles. The zero-order valence-corrected chi connectivity index (χ0v) is 20.3. The Morgan fingerprint density at radius 3 is 2.67 bits per heavy atom. The lowest BCUT2D eigenvalue weighted by Crippen LogP contribution is -2.35. The second-order valence-corrected chi connectivity index (χ2v) is 10.7. The number of rotatable bonds is 7. The third-order valence-electron chi connectivity index (χ3n) is 5.37. The van der Waals surface area contributed by atoms with Gasteiger partial charge in [0.1, 0.15) is 16.5 Å². The minimum absolute atomic E-state index is 0.0970. The second-order valence-electron chi connectivity index (χ2n) is 7.68. The summed E-state index contributed by atoms with van der Waals surface area (Å²) in [5.74, 6) is 0.721. The van der Waals surface area contributed by atoms with Gasteiger partial charge in [-0.25, -0.2) is 27.4 Å². The average Bonchev–Trinajstić information content (AvgIpc) is 3.38. The molecule has 1 aromatic carbocycles. The Hall–Kier alpha value is -3.09. The number of aryl methyl sites for hydroxylation is 3. The van der Waals surface area contributed by atoms with E-state index in [2.05, 4.69) is 15.4 Å². The summed E-state index contributed by atoms with van der Waals surface area (Å²) in [7, 11) is -0.618. The molecule has 1 N–H and O–H groups in total. The molecular formula is C21H24N6O4S2. The Kier molecular flexibility index (Phi) is 6.08. The Labute approximate surface area is 194 Å². The fourth-order valence-corrected chi connectivity index (χ4v) is 5.35. The Bertz CT molecular complexity index is 1530. The molecule has 4 aromatic rings. The maximum Gasteiger partial charge on any atom is 0.281 e. The fraction of sp³-hybridized carbons (Fsp3) is 0.333. The highest BCUT2D eigenvalue weighted by Crippen LogP contribution is 2.23. The number of hydrogen-bond acceptors (Lipinski definition) is 7. The van der Waals surface area contributed by atoms with Crippen molar-refractivity contribution in [3.63, 3.8) is 0 Å². The smallest absolute Gasteiger partial charge is 0.281 e. The zero-order chi connectivity index (χ0) is 23.9. The number of carbonyl (C=O) groups excluding carboxylic acids is 1. The van der Waals surface area contributed by atoms with Gasteiger partial charge in [-0.1, -0.05) is 0 Å². The second kappa shape index (κ2) is 8.69. The van der Waals surface area contributed by atoms with E-state index in [1.165, 1.54) is 30.1 Å². The minimum Gasteiger partial charge on any atom is -0.328 e. The Morgan fingerprint density at radius 1 is 1.21 bits per heavy atom. The number of hydrogen-bond donors (Lipinski definition) is 1. The van der Waals surface area contributed by atoms with Crippen LogP contribution in [0.5, 0.6) is 0 Å². The van der Waals surface area contributed by atoms with Crippen LogP contribution in [0.2, 0.25) is 0 Å². The van der Waals surface area contributed by atoms with Crippen LogP contribution in [-0.2, 0) is 27.8 Å². The molecule has 0 spiro atoms. The first-order valence-electron chi connectivity index (χ1n) is 10.3. The molecule has 1 amide bonds. The number of aromatic nitrogens is 4. The van der Waals surface area contributed by atoms with Gasteiger partial charge in [-0.05, 0) is 43.5 Å². The molecular weight excluding hydrogens is 464 g/mol. The normalized spacial score (nSPS) is 12.2. The highest BCUT2D eigenvalue weighted by atomic mass is 32.2. The van der Waals surface area contributed by atoms with Gasteiger partial charge in [-0.3, -0.25) is 15.0 Å². The maximum absolute atomic E-state index is 12.6. The quantitative estimate of drug-likeness (QED) is 0.425. The monoisotopic (exact) mass is 488 g/mol. The first-order valence-corrected chi connectivity index (χ1v) is 12.6. The molecule has 0 fully saturated rings. The van der Waals surface area contributed by atoms with Gasteiger partial charge >= 0.3 is 0 Å². The summed E-state index contributed by atoms with van der Waals surface area (Å²) in [4.78, 5) is 35.0. The van der Waals surface area contributed by atoms with Crippen molar-refractivity contribution < 1.29 is 13.2 Å². The summed E-state index contributed by atoms with van der Waals surface area (Å²) in [5.41, 5.74) is 3.66. The van der Waals surface area contributed by atoms with Crippen LogP contribution in [0.25, 0.3) is 21.3 Å². The summed E-state index contributed by atoms with van der Waals surface area (Å²) >= 11 is 1.37. The number of thiophene rings is 1. The molecule has 12 heteroatoms. The molecule has 0 bridgehead atoms. The molecule has 10 nitrogen and oxygen atoms in total. The van der Waals surface area contributed by atoms with E-state index in [9.17, 15) is 18.0 Å². The highest BCUT2D eigenvalue weighted by molar-refractivity contribution is 7.89. The van der Waals surface area contributed by atoms with Gasteiger partial charge < -0.3 is 4.57 Å². The van der Waals surface area contributed by atoms with Crippen LogP contribution >= 0.6 is 11.3 Å². The molecule has 0 radical (unpaired) electrons. The number of carbonyl (C=O) groups is 1. The van der Waals surface area contributed by atoms with Crippen molar-refractivity contribution in [2.75, 3.05) is 19.5 Å². The van der Waals surface area contributed by atoms with Crippen LogP contribution in [0.3, 0.4) is 0 Å². The first-order chi connectivity index (χ1) is 15.6. The lowest BCUT2D eigenvalue weighted by molar-refractivity contribution is -0.117. The number of nitrogens with one attached hydrogen (secondary N) is 1. The summed E-state index contributed by atoms with van der Waals surface area (Å²) in [6, 6.07) is 6.53. The molecule has 33 heavy (non-hydrogen) atoms. The van der Waals surface area contributed by atoms with Crippen molar-refractivity contribution in [3.8, 4) is 0 Å². The van der Waals surface area contributed by atoms with Crippen LogP contribution in [0.4, 0.5) is 0 Å². The van der Waals surface area contributed by atoms with Gasteiger partial charge in [0.25, 0.3) is 5.56 Å². The standard InChI is InChI=1S/C21H24N6O4S2/c1-5-26-17-7-6-14(33(30,31)25(3)4)12-16(17)23-18(26)8-9-19(28)24-27-13(2)22-20-15(21(27)29)10-11-32-20/h6-7,10-12H,5,8-9H2,1-4H3,(H,24,28). The van der Waals surface area contributed by atoms with Gasteiger partial charge in [0.2, 0.25) is 15.9 Å². The van der Waals surface area contributed by atoms with E-state index in [4.69, 9.17) is 0 Å². The Balaban J connectivity index is 1.57. The van der Waals surface area contributed by atoms with E-state index in [-0.39, 0.29) is 22.8 Å². The van der Waals surface area contributed by atoms with Crippen molar-refractivity contribution in [1.82, 2.24) is 23.5 Å². The molecule has 3 heterocycles. The van der Waals surface area contributed by atoms with Crippen molar-refractivity contribution in [2.24, 2.45) is 0 Å². The molecule has 0 atom stereocenters. The van der Waals surface area contributed by atoms with Gasteiger partial charge in [0, 0.05) is 33.5 Å². The summed E-state index contributed by atoms with van der Waals surface area (Å²) in [5, 5.41) is 2.25. The van der Waals surface area contributed by atoms with Crippen molar-refractivity contribution in [2.45, 2.75) is 38.1 Å². The van der Waals surface area contributed by atoms with Crippen molar-refractivity contribution >= 4 is 48.5 Å². The number of nitrogens with zero attached hydrogens (tertiary/aromatic N) is 5. The van der Waals surface area contributed by atoms with Gasteiger partial charge in [0.05, 0.1) is 21.3 Å². The van der Waals surface area contributed by atoms with Gasteiger partial charge in [-0.2, -0.15) is 0 Å². The topological polar surface area (TPSA) is 119 Å². The van der Waals surface area contributed by atoms with Crippen molar-refractivity contribution in [3.05, 3.63) is 51.6 Å². The highest BCUT2D eigenvalue weighted by Gasteiger charge is 2.20. The van der Waals surface area contributed by atoms with Crippen LogP contribution in [0.1, 0.15) is 25.0 Å². The largest absolute Gasteiger partial charge is 0.328 e. The number of amides is 1. The number of fused-ring (bicyclic) bond motifs is 2. The van der Waals surface area contributed by atoms with E-state index in [0.717, 1.165) is 9.82 Å². The first kappa shape index (κ1) is 23.1. The molecule has 174 valence electrons.